The molecule has 0 saturated heterocycles. The molecule has 0 aliphatic heterocycles. The number of halogens is 2. The minimum absolute atomic E-state index is 0.0590. The first-order valence-electron chi connectivity index (χ1n) is 3.29. The number of benzene rings is 1. The Labute approximate surface area is 95.2 Å². The van der Waals surface area contributed by atoms with E-state index < -0.39 is 5.03 Å². The largest absolute Gasteiger partial charge is 0.590 e. The second-order valence-corrected chi connectivity index (χ2v) is 3.97. The molecular weight excluding hydrogens is 322 g/mol. The maximum atomic E-state index is 11.1. The van der Waals surface area contributed by atoms with Crippen molar-refractivity contribution in [3.63, 3.8) is 0 Å². The fourth-order valence-electron chi connectivity index (χ4n) is 0.751. The summed E-state index contributed by atoms with van der Waals surface area (Å²) in [7, 11) is 0. The Kier molecular flexibility index (Phi) is 3.53. The Balaban J connectivity index is 3.14. The molecule has 74 valence electrons. The predicted molar refractivity (Wildman–Crippen MR) is 54.6 cm³/mol. The molecule has 0 N–H and O–H groups in total. The van der Waals surface area contributed by atoms with E-state index in [1.807, 2.05) is 0 Å². The molecule has 14 heavy (non-hydrogen) atoms. The summed E-state index contributed by atoms with van der Waals surface area (Å²) in [5.41, 5.74) is 0.0740. The molecule has 0 saturated carbocycles. The molecule has 0 bridgehead atoms. The molecule has 0 radical (unpaired) electrons. The van der Waals surface area contributed by atoms with Gasteiger partial charge in [-0.1, -0.05) is 15.9 Å². The van der Waals surface area contributed by atoms with Gasteiger partial charge in [0.25, 0.3) is 10.7 Å². The summed E-state index contributed by atoms with van der Waals surface area (Å²) in [6, 6.07) is 4.59. The van der Waals surface area contributed by atoms with Crippen LogP contribution in [-0.2, 0) is 0 Å². The molecule has 1 aromatic carbocycles. The zero-order chi connectivity index (χ0) is 10.7. The number of nitrogens with zero attached hydrogens (tertiary/aromatic N) is 3. The number of hydrogen-bond donors (Lipinski definition) is 0. The van der Waals surface area contributed by atoms with E-state index in [0.29, 0.717) is 4.47 Å². The van der Waals surface area contributed by atoms with E-state index in [1.165, 1.54) is 6.07 Å². The second kappa shape index (κ2) is 4.47. The number of hydrogen-bond acceptors (Lipinski definition) is 3. The molecule has 0 aromatic heterocycles. The molecule has 0 atom stereocenters. The monoisotopic (exact) mass is 323 g/mol. The van der Waals surface area contributed by atoms with Gasteiger partial charge < -0.3 is 5.21 Å². The first-order chi connectivity index (χ1) is 6.50. The van der Waals surface area contributed by atoms with Gasteiger partial charge in [-0.3, -0.25) is 0 Å². The van der Waals surface area contributed by atoms with Gasteiger partial charge in [-0.05, 0) is 28.1 Å². The average Bonchev–Trinajstić information content (AvgIpc) is 2.01. The molecule has 0 spiro atoms. The van der Waals surface area contributed by atoms with Crippen LogP contribution in [0.15, 0.2) is 32.4 Å². The normalized spacial score (nSPS) is 11.4. The summed E-state index contributed by atoms with van der Waals surface area (Å²) in [5, 5.41) is 22.5. The van der Waals surface area contributed by atoms with E-state index in [2.05, 4.69) is 37.1 Å². The van der Waals surface area contributed by atoms with Crippen LogP contribution in [-0.4, -0.2) is 9.89 Å². The minimum Gasteiger partial charge on any atom is -0.590 e. The number of rotatable bonds is 2. The SMILES string of the molecule is O=[N+]([O-])N=[N+]([O-])c1ccc(Br)cc1Br. The van der Waals surface area contributed by atoms with Crippen LogP contribution in [0.25, 0.3) is 0 Å². The summed E-state index contributed by atoms with van der Waals surface area (Å²) in [6.07, 6.45) is 0. The van der Waals surface area contributed by atoms with Gasteiger partial charge in [-0.15, -0.1) is 0 Å². The molecular formula is C6H3Br2N3O3. The topological polar surface area (TPSA) is 81.6 Å². The van der Waals surface area contributed by atoms with Gasteiger partial charge in [-0.2, -0.15) is 0 Å². The van der Waals surface area contributed by atoms with Crippen LogP contribution in [0.3, 0.4) is 0 Å². The fraction of sp³-hybridized carbons (Fsp3) is 0. The van der Waals surface area contributed by atoms with Crippen molar-refractivity contribution in [2.45, 2.75) is 0 Å². The van der Waals surface area contributed by atoms with E-state index >= 15 is 0 Å². The predicted octanol–water partition coefficient (Wildman–Crippen LogP) is 3.00. The molecule has 1 rings (SSSR count). The summed E-state index contributed by atoms with van der Waals surface area (Å²) in [4.78, 5) is 9.87. The standard InChI is InChI=1S/C6H3Br2N3O3/c7-4-1-2-6(5(8)3-4)10(12)9-11(13)14/h1-3H. The Hall–Kier alpha value is -1.02. The molecule has 8 heteroatoms. The Bertz CT molecular complexity index is 407. The maximum Gasteiger partial charge on any atom is 0.349 e. The summed E-state index contributed by atoms with van der Waals surface area (Å²) >= 11 is 6.26. The van der Waals surface area contributed by atoms with Crippen molar-refractivity contribution in [3.05, 3.63) is 42.5 Å². The molecule has 0 aliphatic rings. The quantitative estimate of drug-likeness (QED) is 0.363. The van der Waals surface area contributed by atoms with Crippen LogP contribution >= 0.6 is 31.9 Å². The van der Waals surface area contributed by atoms with Crippen molar-refractivity contribution in [1.82, 2.24) is 0 Å². The highest BCUT2D eigenvalue weighted by Crippen LogP contribution is 2.28. The van der Waals surface area contributed by atoms with Gasteiger partial charge in [0, 0.05) is 15.4 Å². The van der Waals surface area contributed by atoms with Crippen LogP contribution in [0.5, 0.6) is 0 Å². The van der Waals surface area contributed by atoms with Crippen LogP contribution in [0.4, 0.5) is 5.69 Å². The smallest absolute Gasteiger partial charge is 0.349 e. The highest BCUT2D eigenvalue weighted by molar-refractivity contribution is 9.11. The van der Waals surface area contributed by atoms with Crippen LogP contribution in [0.2, 0.25) is 0 Å². The van der Waals surface area contributed by atoms with Gasteiger partial charge in [0.05, 0.1) is 4.47 Å². The molecule has 0 unspecified atom stereocenters. The lowest BCUT2D eigenvalue weighted by molar-refractivity contribution is -0.642. The zero-order valence-corrected chi connectivity index (χ0v) is 9.73. The highest BCUT2D eigenvalue weighted by Gasteiger charge is 2.13. The maximum absolute atomic E-state index is 11.1. The van der Waals surface area contributed by atoms with E-state index in [0.717, 1.165) is 4.47 Å². The van der Waals surface area contributed by atoms with Gasteiger partial charge in [0.1, 0.15) is 0 Å². The summed E-state index contributed by atoms with van der Waals surface area (Å²) in [6.45, 7) is 0. The molecule has 6 nitrogen and oxygen atoms in total. The first kappa shape index (κ1) is 11.1. The van der Waals surface area contributed by atoms with Crippen LogP contribution in [0, 0.1) is 15.3 Å². The molecule has 1 aromatic rings. The number of nitro groups is 1. The van der Waals surface area contributed by atoms with Gasteiger partial charge in [0.15, 0.2) is 0 Å². The van der Waals surface area contributed by atoms with Crippen molar-refractivity contribution >= 4 is 37.5 Å². The Morgan fingerprint density at radius 3 is 2.43 bits per heavy atom. The zero-order valence-electron chi connectivity index (χ0n) is 6.55. The van der Waals surface area contributed by atoms with Gasteiger partial charge >= 0.3 is 5.22 Å². The van der Waals surface area contributed by atoms with Crippen molar-refractivity contribution in [1.29, 1.82) is 0 Å². The third kappa shape index (κ3) is 2.74. The molecule has 0 aliphatic carbocycles. The van der Waals surface area contributed by atoms with Crippen LogP contribution in [0.1, 0.15) is 0 Å². The Morgan fingerprint density at radius 1 is 1.29 bits per heavy atom. The van der Waals surface area contributed by atoms with Crippen molar-refractivity contribution in [3.8, 4) is 0 Å². The van der Waals surface area contributed by atoms with E-state index in [-0.39, 0.29) is 10.5 Å². The second-order valence-electron chi connectivity index (χ2n) is 2.20. The third-order valence-electron chi connectivity index (χ3n) is 1.27. The summed E-state index contributed by atoms with van der Waals surface area (Å²) in [5.74, 6) is 0. The van der Waals surface area contributed by atoms with Crippen molar-refractivity contribution < 1.29 is 9.89 Å². The lowest BCUT2D eigenvalue weighted by atomic mass is 10.3. The van der Waals surface area contributed by atoms with Gasteiger partial charge in [-0.25, -0.2) is 10.1 Å². The third-order valence-corrected chi connectivity index (χ3v) is 2.40. The molecule has 0 fully saturated rings. The van der Waals surface area contributed by atoms with E-state index in [4.69, 9.17) is 0 Å². The first-order valence-corrected chi connectivity index (χ1v) is 4.87. The lowest BCUT2D eigenvalue weighted by Crippen LogP contribution is -1.97. The average molecular weight is 325 g/mol. The minimum atomic E-state index is -1.05. The van der Waals surface area contributed by atoms with E-state index in [9.17, 15) is 15.3 Å². The lowest BCUT2D eigenvalue weighted by Gasteiger charge is -1.98. The van der Waals surface area contributed by atoms with Crippen molar-refractivity contribution in [2.24, 2.45) is 5.22 Å². The van der Waals surface area contributed by atoms with Crippen LogP contribution < -0.4 is 0 Å². The molecule has 0 heterocycles. The molecule has 0 amide bonds. The van der Waals surface area contributed by atoms with Gasteiger partial charge in [0.2, 0.25) is 0 Å². The highest BCUT2D eigenvalue weighted by atomic mass is 79.9. The Morgan fingerprint density at radius 2 is 1.93 bits per heavy atom. The van der Waals surface area contributed by atoms with E-state index in [1.54, 1.807) is 12.1 Å². The van der Waals surface area contributed by atoms with Crippen molar-refractivity contribution in [2.75, 3.05) is 0 Å². The summed E-state index contributed by atoms with van der Waals surface area (Å²) < 4.78 is 1.18. The fourth-order valence-corrected chi connectivity index (χ4v) is 1.95.